The summed E-state index contributed by atoms with van der Waals surface area (Å²) in [5, 5.41) is 7.49. The second kappa shape index (κ2) is 6.70. The SMILES string of the molecule is CCN(CC)c1ccc(NC(=O)c2cnc3onc(C)c3c2)cc1. The summed E-state index contributed by atoms with van der Waals surface area (Å²) >= 11 is 0. The highest BCUT2D eigenvalue weighted by molar-refractivity contribution is 6.05. The van der Waals surface area contributed by atoms with Crippen molar-refractivity contribution in [3.05, 3.63) is 47.8 Å². The van der Waals surface area contributed by atoms with E-state index in [1.54, 1.807) is 6.07 Å². The van der Waals surface area contributed by atoms with Crippen LogP contribution in [0.4, 0.5) is 11.4 Å². The van der Waals surface area contributed by atoms with Gasteiger partial charge >= 0.3 is 0 Å². The van der Waals surface area contributed by atoms with E-state index in [9.17, 15) is 4.79 Å². The lowest BCUT2D eigenvalue weighted by atomic mass is 10.2. The third kappa shape index (κ3) is 3.08. The van der Waals surface area contributed by atoms with E-state index in [-0.39, 0.29) is 5.91 Å². The normalized spacial score (nSPS) is 10.8. The Morgan fingerprint density at radius 3 is 2.58 bits per heavy atom. The molecule has 0 saturated heterocycles. The molecule has 24 heavy (non-hydrogen) atoms. The predicted molar refractivity (Wildman–Crippen MR) is 94.5 cm³/mol. The Kier molecular flexibility index (Phi) is 4.46. The number of amides is 1. The number of benzene rings is 1. The molecule has 0 atom stereocenters. The van der Waals surface area contributed by atoms with Gasteiger partial charge in [-0.05, 0) is 51.1 Å². The Morgan fingerprint density at radius 1 is 1.21 bits per heavy atom. The zero-order chi connectivity index (χ0) is 17.1. The van der Waals surface area contributed by atoms with Crippen molar-refractivity contribution in [1.82, 2.24) is 10.1 Å². The van der Waals surface area contributed by atoms with E-state index >= 15 is 0 Å². The molecule has 3 aromatic rings. The fraction of sp³-hybridized carbons (Fsp3) is 0.278. The van der Waals surface area contributed by atoms with Crippen LogP contribution < -0.4 is 10.2 Å². The first kappa shape index (κ1) is 16.0. The highest BCUT2D eigenvalue weighted by atomic mass is 16.5. The van der Waals surface area contributed by atoms with Gasteiger partial charge in [-0.2, -0.15) is 0 Å². The molecule has 0 bridgehead atoms. The molecule has 6 heteroatoms. The summed E-state index contributed by atoms with van der Waals surface area (Å²) in [5.41, 5.74) is 3.52. The molecular weight excluding hydrogens is 304 g/mol. The molecule has 0 aliphatic rings. The highest BCUT2D eigenvalue weighted by Crippen LogP contribution is 2.20. The number of nitrogens with zero attached hydrogens (tertiary/aromatic N) is 3. The van der Waals surface area contributed by atoms with E-state index in [2.05, 4.69) is 34.2 Å². The van der Waals surface area contributed by atoms with Crippen LogP contribution in [0.5, 0.6) is 0 Å². The first-order valence-corrected chi connectivity index (χ1v) is 8.00. The minimum Gasteiger partial charge on any atom is -0.372 e. The fourth-order valence-electron chi connectivity index (χ4n) is 2.62. The molecule has 0 aliphatic carbocycles. The van der Waals surface area contributed by atoms with Gasteiger partial charge < -0.3 is 14.7 Å². The van der Waals surface area contributed by atoms with Crippen molar-refractivity contribution in [2.45, 2.75) is 20.8 Å². The Bertz CT molecular complexity index is 851. The number of anilines is 2. The quantitative estimate of drug-likeness (QED) is 0.776. The minimum atomic E-state index is -0.208. The standard InChI is InChI=1S/C18H20N4O2/c1-4-22(5-2)15-8-6-14(7-9-15)20-17(23)13-10-16-12(3)21-24-18(16)19-11-13/h6-11H,4-5H2,1-3H3,(H,20,23). The van der Waals surface area contributed by atoms with Gasteiger partial charge in [0.05, 0.1) is 16.6 Å². The number of nitrogens with one attached hydrogen (secondary N) is 1. The summed E-state index contributed by atoms with van der Waals surface area (Å²) in [7, 11) is 0. The zero-order valence-corrected chi connectivity index (χ0v) is 14.0. The molecule has 2 aromatic heterocycles. The fourth-order valence-corrected chi connectivity index (χ4v) is 2.62. The van der Waals surface area contributed by atoms with E-state index in [1.807, 2.05) is 31.2 Å². The molecule has 1 amide bonds. The minimum absolute atomic E-state index is 0.208. The van der Waals surface area contributed by atoms with Crippen molar-refractivity contribution < 1.29 is 9.32 Å². The Hall–Kier alpha value is -2.89. The average molecular weight is 324 g/mol. The van der Waals surface area contributed by atoms with Gasteiger partial charge in [0.25, 0.3) is 11.6 Å². The maximum atomic E-state index is 12.4. The third-order valence-corrected chi connectivity index (χ3v) is 4.03. The Balaban J connectivity index is 1.77. The van der Waals surface area contributed by atoms with E-state index < -0.39 is 0 Å². The molecular formula is C18H20N4O2. The molecule has 6 nitrogen and oxygen atoms in total. The first-order valence-electron chi connectivity index (χ1n) is 8.00. The van der Waals surface area contributed by atoms with Crippen LogP contribution in [-0.2, 0) is 0 Å². The lowest BCUT2D eigenvalue weighted by Crippen LogP contribution is -2.21. The van der Waals surface area contributed by atoms with Crippen LogP contribution in [-0.4, -0.2) is 29.1 Å². The van der Waals surface area contributed by atoms with Gasteiger partial charge in [-0.15, -0.1) is 0 Å². The molecule has 1 aromatic carbocycles. The van der Waals surface area contributed by atoms with E-state index in [4.69, 9.17) is 4.52 Å². The topological polar surface area (TPSA) is 71.3 Å². The molecule has 0 aliphatic heterocycles. The van der Waals surface area contributed by atoms with Gasteiger partial charge in [-0.3, -0.25) is 4.79 Å². The summed E-state index contributed by atoms with van der Waals surface area (Å²) in [4.78, 5) is 18.8. The molecule has 0 radical (unpaired) electrons. The van der Waals surface area contributed by atoms with Crippen LogP contribution in [0, 0.1) is 6.92 Å². The second-order valence-electron chi connectivity index (χ2n) is 5.52. The number of hydrogen-bond acceptors (Lipinski definition) is 5. The van der Waals surface area contributed by atoms with Crippen LogP contribution >= 0.6 is 0 Å². The Labute approximate surface area is 140 Å². The number of carbonyl (C=O) groups excluding carboxylic acids is 1. The van der Waals surface area contributed by atoms with E-state index in [0.29, 0.717) is 11.3 Å². The number of hydrogen-bond donors (Lipinski definition) is 1. The smallest absolute Gasteiger partial charge is 0.257 e. The number of rotatable bonds is 5. The van der Waals surface area contributed by atoms with Crippen LogP contribution in [0.25, 0.3) is 11.1 Å². The maximum absolute atomic E-state index is 12.4. The van der Waals surface area contributed by atoms with Crippen LogP contribution in [0.15, 0.2) is 41.1 Å². The number of carbonyl (C=O) groups is 1. The van der Waals surface area contributed by atoms with Crippen molar-refractivity contribution in [1.29, 1.82) is 0 Å². The molecule has 124 valence electrons. The third-order valence-electron chi connectivity index (χ3n) is 4.03. The van der Waals surface area contributed by atoms with Crippen molar-refractivity contribution in [3.63, 3.8) is 0 Å². The monoisotopic (exact) mass is 324 g/mol. The van der Waals surface area contributed by atoms with Gasteiger partial charge in [0, 0.05) is 30.7 Å². The van der Waals surface area contributed by atoms with Crippen LogP contribution in [0.3, 0.4) is 0 Å². The number of aryl methyl sites for hydroxylation is 1. The molecule has 0 fully saturated rings. The average Bonchev–Trinajstić information content (AvgIpc) is 2.98. The summed E-state index contributed by atoms with van der Waals surface area (Å²) in [6, 6.07) is 9.57. The van der Waals surface area contributed by atoms with Crippen LogP contribution in [0.2, 0.25) is 0 Å². The van der Waals surface area contributed by atoms with E-state index in [1.165, 1.54) is 6.20 Å². The van der Waals surface area contributed by atoms with Gasteiger partial charge in [-0.25, -0.2) is 4.98 Å². The lowest BCUT2D eigenvalue weighted by Gasteiger charge is -2.21. The van der Waals surface area contributed by atoms with Gasteiger partial charge in [0.2, 0.25) is 0 Å². The molecule has 0 saturated carbocycles. The number of pyridine rings is 1. The molecule has 2 heterocycles. The molecule has 1 N–H and O–H groups in total. The summed E-state index contributed by atoms with van der Waals surface area (Å²) in [6.07, 6.45) is 1.49. The van der Waals surface area contributed by atoms with Crippen molar-refractivity contribution >= 4 is 28.4 Å². The van der Waals surface area contributed by atoms with Crippen LogP contribution in [0.1, 0.15) is 29.9 Å². The van der Waals surface area contributed by atoms with Gasteiger partial charge in [0.15, 0.2) is 0 Å². The summed E-state index contributed by atoms with van der Waals surface area (Å²) in [6.45, 7) is 7.96. The molecule has 3 rings (SSSR count). The zero-order valence-electron chi connectivity index (χ0n) is 14.0. The predicted octanol–water partition coefficient (Wildman–Crippen LogP) is 3.63. The molecule has 0 unspecified atom stereocenters. The van der Waals surface area contributed by atoms with E-state index in [0.717, 1.165) is 35.5 Å². The van der Waals surface area contributed by atoms with Gasteiger partial charge in [-0.1, -0.05) is 5.16 Å². The Morgan fingerprint density at radius 2 is 1.92 bits per heavy atom. The van der Waals surface area contributed by atoms with Crippen molar-refractivity contribution in [2.24, 2.45) is 0 Å². The maximum Gasteiger partial charge on any atom is 0.257 e. The largest absolute Gasteiger partial charge is 0.372 e. The summed E-state index contributed by atoms with van der Waals surface area (Å²) < 4.78 is 5.06. The number of fused-ring (bicyclic) bond motifs is 1. The number of aromatic nitrogens is 2. The van der Waals surface area contributed by atoms with Gasteiger partial charge in [0.1, 0.15) is 0 Å². The molecule has 0 spiro atoms. The highest BCUT2D eigenvalue weighted by Gasteiger charge is 2.12. The lowest BCUT2D eigenvalue weighted by molar-refractivity contribution is 0.102. The first-order chi connectivity index (χ1) is 11.6. The summed E-state index contributed by atoms with van der Waals surface area (Å²) in [5.74, 6) is -0.208. The second-order valence-corrected chi connectivity index (χ2v) is 5.52. The van der Waals surface area contributed by atoms with Crippen molar-refractivity contribution in [2.75, 3.05) is 23.3 Å². The van der Waals surface area contributed by atoms with Crippen molar-refractivity contribution in [3.8, 4) is 0 Å².